The number of rotatable bonds is 6. The molecule has 3 rings (SSSR count). The first kappa shape index (κ1) is 19.3. The van der Waals surface area contributed by atoms with E-state index in [0.717, 1.165) is 12.1 Å². The number of hydrogen-bond acceptors (Lipinski definition) is 4. The molecule has 0 radical (unpaired) electrons. The van der Waals surface area contributed by atoms with Crippen LogP contribution >= 0.6 is 22.9 Å². The van der Waals surface area contributed by atoms with E-state index < -0.39 is 11.7 Å². The Morgan fingerprint density at radius 3 is 2.70 bits per heavy atom. The van der Waals surface area contributed by atoms with Crippen LogP contribution in [0.3, 0.4) is 0 Å². The van der Waals surface area contributed by atoms with Gasteiger partial charge in [-0.3, -0.25) is 4.79 Å². The van der Waals surface area contributed by atoms with Gasteiger partial charge >= 0.3 is 6.18 Å². The minimum Gasteiger partial charge on any atom is -0.486 e. The number of benzene rings is 1. The predicted octanol–water partition coefficient (Wildman–Crippen LogP) is 6.49. The molecule has 2 aromatic heterocycles. The Balaban J connectivity index is 1.60. The summed E-state index contributed by atoms with van der Waals surface area (Å²) in [6.45, 7) is -0.0381. The number of alkyl halides is 3. The van der Waals surface area contributed by atoms with Gasteiger partial charge in [-0.05, 0) is 54.6 Å². The molecule has 1 aromatic carbocycles. The quantitative estimate of drug-likeness (QED) is 0.343. The number of furan rings is 1. The zero-order valence-electron chi connectivity index (χ0n) is 13.6. The van der Waals surface area contributed by atoms with Crippen LogP contribution in [0.15, 0.2) is 59.0 Å². The predicted molar refractivity (Wildman–Crippen MR) is 97.2 cm³/mol. The molecule has 140 valence electrons. The third-order valence-electron chi connectivity index (χ3n) is 3.44. The van der Waals surface area contributed by atoms with Crippen molar-refractivity contribution in [1.82, 2.24) is 0 Å². The molecule has 0 N–H and O–H groups in total. The van der Waals surface area contributed by atoms with Gasteiger partial charge in [0.25, 0.3) is 0 Å². The molecule has 0 aliphatic carbocycles. The van der Waals surface area contributed by atoms with Crippen LogP contribution in [-0.2, 0) is 12.8 Å². The second-order valence-corrected chi connectivity index (χ2v) is 7.13. The lowest BCUT2D eigenvalue weighted by Crippen LogP contribution is -2.05. The number of thiophene rings is 1. The lowest BCUT2D eigenvalue weighted by molar-refractivity contribution is -0.137. The molecule has 0 aliphatic heterocycles. The molecule has 0 amide bonds. The van der Waals surface area contributed by atoms with Gasteiger partial charge in [-0.25, -0.2) is 0 Å². The van der Waals surface area contributed by atoms with Crippen LogP contribution in [0.4, 0.5) is 13.2 Å². The maximum atomic E-state index is 12.7. The SMILES string of the molecule is O=C(/C=C/c1ccc(COc2cccc(C(F)(F)F)c2)o1)c1ccc(Cl)s1. The zero-order valence-corrected chi connectivity index (χ0v) is 15.2. The Morgan fingerprint density at radius 1 is 1.19 bits per heavy atom. The van der Waals surface area contributed by atoms with E-state index in [1.807, 2.05) is 0 Å². The number of ketones is 1. The monoisotopic (exact) mass is 412 g/mol. The molecule has 2 heterocycles. The first-order chi connectivity index (χ1) is 12.8. The van der Waals surface area contributed by atoms with E-state index >= 15 is 0 Å². The Bertz CT molecular complexity index is 972. The van der Waals surface area contributed by atoms with Crippen molar-refractivity contribution in [3.63, 3.8) is 0 Å². The number of allylic oxidation sites excluding steroid dienone is 1. The van der Waals surface area contributed by atoms with Crippen LogP contribution < -0.4 is 4.74 Å². The van der Waals surface area contributed by atoms with Gasteiger partial charge in [-0.15, -0.1) is 11.3 Å². The smallest absolute Gasteiger partial charge is 0.416 e. The number of carbonyl (C=O) groups excluding carboxylic acids is 1. The number of halogens is 4. The van der Waals surface area contributed by atoms with Gasteiger partial charge in [0.15, 0.2) is 5.78 Å². The van der Waals surface area contributed by atoms with E-state index in [9.17, 15) is 18.0 Å². The Labute approximate surface area is 161 Å². The molecule has 0 aliphatic rings. The van der Waals surface area contributed by atoms with Crippen LogP contribution in [0.25, 0.3) is 6.08 Å². The number of ether oxygens (including phenoxy) is 1. The summed E-state index contributed by atoms with van der Waals surface area (Å²) in [5, 5.41) is 0. The fourth-order valence-corrected chi connectivity index (χ4v) is 3.13. The minimum atomic E-state index is -4.43. The van der Waals surface area contributed by atoms with Crippen molar-refractivity contribution in [2.75, 3.05) is 0 Å². The van der Waals surface area contributed by atoms with Crippen LogP contribution in [-0.4, -0.2) is 5.78 Å². The van der Waals surface area contributed by atoms with E-state index in [-0.39, 0.29) is 18.1 Å². The first-order valence-corrected chi connectivity index (χ1v) is 8.87. The maximum Gasteiger partial charge on any atom is 0.416 e. The molecule has 0 atom stereocenters. The van der Waals surface area contributed by atoms with Crippen LogP contribution in [0.5, 0.6) is 5.75 Å². The zero-order chi connectivity index (χ0) is 19.4. The molecule has 3 aromatic rings. The highest BCUT2D eigenvalue weighted by Gasteiger charge is 2.30. The molecule has 27 heavy (non-hydrogen) atoms. The molecule has 3 nitrogen and oxygen atoms in total. The van der Waals surface area contributed by atoms with Gasteiger partial charge in [0.1, 0.15) is 23.9 Å². The fourth-order valence-electron chi connectivity index (χ4n) is 2.16. The summed E-state index contributed by atoms with van der Waals surface area (Å²) in [6.07, 6.45) is -1.57. The summed E-state index contributed by atoms with van der Waals surface area (Å²) in [5.41, 5.74) is -0.782. The van der Waals surface area contributed by atoms with Crippen molar-refractivity contribution in [2.45, 2.75) is 12.8 Å². The van der Waals surface area contributed by atoms with Crippen molar-refractivity contribution in [1.29, 1.82) is 0 Å². The molecule has 0 fully saturated rings. The van der Waals surface area contributed by atoms with E-state index in [1.165, 1.54) is 35.6 Å². The van der Waals surface area contributed by atoms with Crippen LogP contribution in [0.1, 0.15) is 26.8 Å². The third kappa shape index (κ3) is 5.24. The molecular weight excluding hydrogens is 401 g/mol. The van der Waals surface area contributed by atoms with Gasteiger partial charge < -0.3 is 9.15 Å². The Morgan fingerprint density at radius 2 is 2.00 bits per heavy atom. The first-order valence-electron chi connectivity index (χ1n) is 7.68. The molecule has 0 unspecified atom stereocenters. The topological polar surface area (TPSA) is 39.4 Å². The van der Waals surface area contributed by atoms with Crippen LogP contribution in [0.2, 0.25) is 4.34 Å². The van der Waals surface area contributed by atoms with Crippen LogP contribution in [0, 0.1) is 0 Å². The average Bonchev–Trinajstić information content (AvgIpc) is 3.26. The van der Waals surface area contributed by atoms with Crippen molar-refractivity contribution < 1.29 is 27.1 Å². The van der Waals surface area contributed by atoms with E-state index in [4.69, 9.17) is 20.8 Å². The van der Waals surface area contributed by atoms with Crippen molar-refractivity contribution in [2.24, 2.45) is 0 Å². The van der Waals surface area contributed by atoms with E-state index in [1.54, 1.807) is 24.3 Å². The van der Waals surface area contributed by atoms with Gasteiger partial charge in [0.2, 0.25) is 0 Å². The maximum absolute atomic E-state index is 12.7. The molecule has 0 spiro atoms. The molecular formula is C19H12ClF3O3S. The highest BCUT2D eigenvalue weighted by atomic mass is 35.5. The van der Waals surface area contributed by atoms with Gasteiger partial charge in [0, 0.05) is 0 Å². The van der Waals surface area contributed by atoms with Crippen molar-refractivity contribution in [3.8, 4) is 5.75 Å². The fraction of sp³-hybridized carbons (Fsp3) is 0.105. The second-order valence-electron chi connectivity index (χ2n) is 5.42. The van der Waals surface area contributed by atoms with Gasteiger partial charge in [-0.1, -0.05) is 17.7 Å². The molecule has 0 saturated carbocycles. The average molecular weight is 413 g/mol. The largest absolute Gasteiger partial charge is 0.486 e. The lowest BCUT2D eigenvalue weighted by atomic mass is 10.2. The van der Waals surface area contributed by atoms with Gasteiger partial charge in [-0.2, -0.15) is 13.2 Å². The summed E-state index contributed by atoms with van der Waals surface area (Å²) in [7, 11) is 0. The summed E-state index contributed by atoms with van der Waals surface area (Å²) in [4.78, 5) is 12.5. The number of carbonyl (C=O) groups is 1. The van der Waals surface area contributed by atoms with E-state index in [2.05, 4.69) is 0 Å². The summed E-state index contributed by atoms with van der Waals surface area (Å²) in [5.74, 6) is 0.723. The van der Waals surface area contributed by atoms with Crippen molar-refractivity contribution in [3.05, 3.63) is 80.9 Å². The normalized spacial score (nSPS) is 11.9. The Hall–Kier alpha value is -2.51. The Kier molecular flexibility index (Phi) is 5.72. The second kappa shape index (κ2) is 8.02. The molecule has 0 bridgehead atoms. The molecule has 8 heteroatoms. The lowest BCUT2D eigenvalue weighted by Gasteiger charge is -2.09. The van der Waals surface area contributed by atoms with Gasteiger partial charge in [0.05, 0.1) is 14.8 Å². The standard InChI is InChI=1S/C19H12ClF3O3S/c20-18-9-8-17(27-18)16(24)7-6-13-4-5-15(26-13)11-25-14-3-1-2-12(10-14)19(21,22)23/h1-10H,11H2/b7-6+. The highest BCUT2D eigenvalue weighted by Crippen LogP contribution is 2.31. The highest BCUT2D eigenvalue weighted by molar-refractivity contribution is 7.18. The van der Waals surface area contributed by atoms with E-state index in [0.29, 0.717) is 20.7 Å². The summed E-state index contributed by atoms with van der Waals surface area (Å²) < 4.78 is 49.4. The minimum absolute atomic E-state index is 0.0381. The third-order valence-corrected chi connectivity index (χ3v) is 4.69. The summed E-state index contributed by atoms with van der Waals surface area (Å²) >= 11 is 6.97. The number of hydrogen-bond donors (Lipinski definition) is 0. The van der Waals surface area contributed by atoms with Crippen molar-refractivity contribution >= 4 is 34.8 Å². The molecule has 0 saturated heterocycles. The summed E-state index contributed by atoms with van der Waals surface area (Å²) in [6, 6.07) is 11.1.